The molecule has 2 heterocycles. The largest absolute Gasteiger partial charge is 0.392 e. The van der Waals surface area contributed by atoms with Gasteiger partial charge in [0.1, 0.15) is 5.65 Å². The lowest BCUT2D eigenvalue weighted by atomic mass is 10.1. The van der Waals surface area contributed by atoms with Gasteiger partial charge < -0.3 is 9.51 Å². The molecule has 25 heavy (non-hydrogen) atoms. The molecular weight excluding hydrogens is 310 g/mol. The van der Waals surface area contributed by atoms with Gasteiger partial charge in [0.2, 0.25) is 0 Å². The highest BCUT2D eigenvalue weighted by atomic mass is 16.3. The standard InChI is InChI=1S/C21H15N3O/c22-11-16-2-1-3-18(10-16)20-13-24-12-19(8-9-21(24)23-20)17-6-4-15(14-25)5-7-17/h1-10,12-13,25H,14H2. The number of imidazole rings is 1. The number of fused-ring (bicyclic) bond motifs is 1. The topological polar surface area (TPSA) is 61.3 Å². The molecule has 2 aromatic carbocycles. The maximum atomic E-state index is 9.16. The lowest BCUT2D eigenvalue weighted by Crippen LogP contribution is -1.87. The van der Waals surface area contributed by atoms with Gasteiger partial charge in [0.25, 0.3) is 0 Å². The fourth-order valence-corrected chi connectivity index (χ4v) is 2.85. The molecule has 0 bridgehead atoms. The van der Waals surface area contributed by atoms with Gasteiger partial charge in [-0.15, -0.1) is 0 Å². The lowest BCUT2D eigenvalue weighted by Gasteiger charge is -2.04. The minimum Gasteiger partial charge on any atom is -0.392 e. The minimum atomic E-state index is 0.0476. The van der Waals surface area contributed by atoms with Crippen molar-refractivity contribution in [1.82, 2.24) is 9.38 Å². The van der Waals surface area contributed by atoms with Gasteiger partial charge in [0.05, 0.1) is 23.9 Å². The van der Waals surface area contributed by atoms with Gasteiger partial charge in [-0.25, -0.2) is 4.98 Å². The molecule has 1 N–H and O–H groups in total. The monoisotopic (exact) mass is 325 g/mol. The number of benzene rings is 2. The molecular formula is C21H15N3O. The highest BCUT2D eigenvalue weighted by Crippen LogP contribution is 2.24. The second-order valence-electron chi connectivity index (χ2n) is 5.86. The van der Waals surface area contributed by atoms with Crippen LogP contribution in [0.25, 0.3) is 28.0 Å². The zero-order valence-corrected chi connectivity index (χ0v) is 13.4. The molecule has 0 unspecified atom stereocenters. The Kier molecular flexibility index (Phi) is 3.77. The quantitative estimate of drug-likeness (QED) is 0.618. The number of rotatable bonds is 3. The van der Waals surface area contributed by atoms with Crippen molar-refractivity contribution in [2.24, 2.45) is 0 Å². The number of aliphatic hydroxyl groups excluding tert-OH is 1. The van der Waals surface area contributed by atoms with E-state index in [0.29, 0.717) is 5.56 Å². The van der Waals surface area contributed by atoms with Gasteiger partial charge >= 0.3 is 0 Å². The summed E-state index contributed by atoms with van der Waals surface area (Å²) in [6.45, 7) is 0.0476. The Labute approximate surface area is 145 Å². The first-order valence-corrected chi connectivity index (χ1v) is 7.96. The first kappa shape index (κ1) is 15.1. The number of aromatic nitrogens is 2. The van der Waals surface area contributed by atoms with E-state index in [1.165, 1.54) is 0 Å². The third kappa shape index (κ3) is 2.89. The van der Waals surface area contributed by atoms with Crippen LogP contribution in [-0.4, -0.2) is 14.5 Å². The van der Waals surface area contributed by atoms with Gasteiger partial charge in [-0.2, -0.15) is 5.26 Å². The summed E-state index contributed by atoms with van der Waals surface area (Å²) in [7, 11) is 0. The van der Waals surface area contributed by atoms with Crippen LogP contribution in [0.2, 0.25) is 0 Å². The summed E-state index contributed by atoms with van der Waals surface area (Å²) < 4.78 is 1.99. The molecule has 0 amide bonds. The number of hydrogen-bond donors (Lipinski definition) is 1. The molecule has 0 spiro atoms. The van der Waals surface area contributed by atoms with Crippen molar-refractivity contribution in [3.63, 3.8) is 0 Å². The number of hydrogen-bond acceptors (Lipinski definition) is 3. The van der Waals surface area contributed by atoms with Crippen LogP contribution in [0.5, 0.6) is 0 Å². The molecule has 0 aliphatic carbocycles. The van der Waals surface area contributed by atoms with E-state index in [-0.39, 0.29) is 6.61 Å². The van der Waals surface area contributed by atoms with Crippen LogP contribution in [0.1, 0.15) is 11.1 Å². The molecule has 4 heteroatoms. The number of pyridine rings is 1. The van der Waals surface area contributed by atoms with E-state index in [1.807, 2.05) is 71.4 Å². The fourth-order valence-electron chi connectivity index (χ4n) is 2.85. The number of aliphatic hydroxyl groups is 1. The summed E-state index contributed by atoms with van der Waals surface area (Å²) in [5, 5.41) is 18.2. The van der Waals surface area contributed by atoms with Crippen molar-refractivity contribution < 1.29 is 5.11 Å². The predicted molar refractivity (Wildman–Crippen MR) is 96.7 cm³/mol. The minimum absolute atomic E-state index is 0.0476. The van der Waals surface area contributed by atoms with Crippen molar-refractivity contribution in [2.75, 3.05) is 0 Å². The van der Waals surface area contributed by atoms with Crippen LogP contribution in [0.4, 0.5) is 0 Å². The zero-order valence-electron chi connectivity index (χ0n) is 13.4. The fraction of sp³-hybridized carbons (Fsp3) is 0.0476. The summed E-state index contributed by atoms with van der Waals surface area (Å²) in [6, 6.07) is 21.5. The molecule has 0 atom stereocenters. The zero-order chi connectivity index (χ0) is 17.2. The molecule has 0 fully saturated rings. The number of nitrogens with zero attached hydrogens (tertiary/aromatic N) is 3. The van der Waals surface area contributed by atoms with E-state index in [1.54, 1.807) is 6.07 Å². The first-order chi connectivity index (χ1) is 12.3. The summed E-state index contributed by atoms with van der Waals surface area (Å²) in [5.41, 5.74) is 6.30. The van der Waals surface area contributed by atoms with E-state index >= 15 is 0 Å². The summed E-state index contributed by atoms with van der Waals surface area (Å²) in [5.74, 6) is 0. The van der Waals surface area contributed by atoms with Crippen molar-refractivity contribution in [3.05, 3.63) is 84.2 Å². The molecule has 2 aromatic heterocycles. The van der Waals surface area contributed by atoms with E-state index < -0.39 is 0 Å². The van der Waals surface area contributed by atoms with Gasteiger partial charge in [0, 0.05) is 18.0 Å². The highest BCUT2D eigenvalue weighted by Gasteiger charge is 2.07. The Hall–Kier alpha value is -3.42. The van der Waals surface area contributed by atoms with Gasteiger partial charge in [-0.3, -0.25) is 0 Å². The molecule has 4 aromatic rings. The van der Waals surface area contributed by atoms with E-state index in [2.05, 4.69) is 11.1 Å². The Bertz CT molecular complexity index is 1090. The van der Waals surface area contributed by atoms with Gasteiger partial charge in [-0.1, -0.05) is 36.4 Å². The Balaban J connectivity index is 1.75. The van der Waals surface area contributed by atoms with E-state index in [9.17, 15) is 0 Å². The molecule has 120 valence electrons. The molecule has 0 radical (unpaired) electrons. The molecule has 0 saturated carbocycles. The van der Waals surface area contributed by atoms with Crippen molar-refractivity contribution >= 4 is 5.65 Å². The average molecular weight is 325 g/mol. The third-order valence-electron chi connectivity index (χ3n) is 4.21. The molecule has 4 nitrogen and oxygen atoms in total. The van der Waals surface area contributed by atoms with Gasteiger partial charge in [0.15, 0.2) is 0 Å². The second kappa shape index (κ2) is 6.23. The van der Waals surface area contributed by atoms with Crippen LogP contribution in [-0.2, 0) is 6.61 Å². The van der Waals surface area contributed by atoms with E-state index in [0.717, 1.165) is 33.6 Å². The highest BCUT2D eigenvalue weighted by molar-refractivity contribution is 5.68. The Morgan fingerprint density at radius 1 is 0.920 bits per heavy atom. The first-order valence-electron chi connectivity index (χ1n) is 7.96. The lowest BCUT2D eigenvalue weighted by molar-refractivity contribution is 0.282. The maximum absolute atomic E-state index is 9.16. The van der Waals surface area contributed by atoms with Crippen molar-refractivity contribution in [2.45, 2.75) is 6.61 Å². The predicted octanol–water partition coefficient (Wildman–Crippen LogP) is 4.03. The number of nitriles is 1. The molecule has 0 aliphatic heterocycles. The normalized spacial score (nSPS) is 10.7. The maximum Gasteiger partial charge on any atom is 0.137 e. The second-order valence-corrected chi connectivity index (χ2v) is 5.86. The van der Waals surface area contributed by atoms with Gasteiger partial charge in [-0.05, 0) is 41.0 Å². The average Bonchev–Trinajstić information content (AvgIpc) is 3.11. The van der Waals surface area contributed by atoms with Crippen LogP contribution >= 0.6 is 0 Å². The van der Waals surface area contributed by atoms with Crippen molar-refractivity contribution in [1.29, 1.82) is 5.26 Å². The van der Waals surface area contributed by atoms with E-state index in [4.69, 9.17) is 10.4 Å². The molecule has 4 rings (SSSR count). The van der Waals surface area contributed by atoms with Crippen LogP contribution in [0.3, 0.4) is 0 Å². The Morgan fingerprint density at radius 2 is 1.72 bits per heavy atom. The molecule has 0 aliphatic rings. The van der Waals surface area contributed by atoms with Crippen LogP contribution in [0, 0.1) is 11.3 Å². The third-order valence-corrected chi connectivity index (χ3v) is 4.21. The molecule has 0 saturated heterocycles. The van der Waals surface area contributed by atoms with Crippen molar-refractivity contribution in [3.8, 4) is 28.5 Å². The summed E-state index contributed by atoms with van der Waals surface area (Å²) in [6.07, 6.45) is 4.01. The Morgan fingerprint density at radius 3 is 2.48 bits per heavy atom. The van der Waals surface area contributed by atoms with Crippen LogP contribution < -0.4 is 0 Å². The smallest absolute Gasteiger partial charge is 0.137 e. The summed E-state index contributed by atoms with van der Waals surface area (Å²) >= 11 is 0. The SMILES string of the molecule is N#Cc1cccc(-c2cn3cc(-c4ccc(CO)cc4)ccc3n2)c1. The summed E-state index contributed by atoms with van der Waals surface area (Å²) in [4.78, 5) is 4.64. The van der Waals surface area contributed by atoms with Crippen LogP contribution in [0.15, 0.2) is 73.1 Å².